The van der Waals surface area contributed by atoms with Crippen molar-refractivity contribution in [3.63, 3.8) is 0 Å². The van der Waals surface area contributed by atoms with Gasteiger partial charge in [-0.2, -0.15) is 0 Å². The summed E-state index contributed by atoms with van der Waals surface area (Å²) in [6.07, 6.45) is 7.34. The topological polar surface area (TPSA) is 132 Å². The second-order valence-electron chi connectivity index (χ2n) is 7.96. The molecule has 0 bridgehead atoms. The lowest BCUT2D eigenvalue weighted by atomic mass is 9.95. The molecule has 0 aliphatic heterocycles. The van der Waals surface area contributed by atoms with Gasteiger partial charge >= 0.3 is 6.09 Å². The lowest BCUT2D eigenvalue weighted by Crippen LogP contribution is -2.33. The van der Waals surface area contributed by atoms with E-state index in [1.165, 1.54) is 11.3 Å². The number of nitrogen functional groups attached to an aromatic ring is 1. The van der Waals surface area contributed by atoms with Gasteiger partial charge in [0, 0.05) is 43.2 Å². The summed E-state index contributed by atoms with van der Waals surface area (Å²) in [5.74, 6) is 0.0560. The number of ether oxygens (including phenoxy) is 1. The highest BCUT2D eigenvalue weighted by molar-refractivity contribution is 7.17. The maximum Gasteiger partial charge on any atom is 0.407 e. The highest BCUT2D eigenvalue weighted by atomic mass is 32.1. The van der Waals surface area contributed by atoms with Gasteiger partial charge in [-0.3, -0.25) is 4.79 Å². The van der Waals surface area contributed by atoms with Crippen LogP contribution in [0.5, 0.6) is 5.75 Å². The van der Waals surface area contributed by atoms with Crippen LogP contribution in [0.25, 0.3) is 0 Å². The Kier molecular flexibility index (Phi) is 7.13. The fourth-order valence-electron chi connectivity index (χ4n) is 3.83. The van der Waals surface area contributed by atoms with Gasteiger partial charge in [0.15, 0.2) is 0 Å². The van der Waals surface area contributed by atoms with E-state index in [9.17, 15) is 14.7 Å². The number of phenolic OH excluding ortho intramolecular Hbond substituents is 1. The Morgan fingerprint density at radius 3 is 3.03 bits per heavy atom. The maximum absolute atomic E-state index is 12.4. The number of anilines is 2. The number of alkyl carbamates (subject to hydrolysis) is 1. The van der Waals surface area contributed by atoms with Crippen LogP contribution < -0.4 is 16.4 Å². The minimum atomic E-state index is -0.437. The predicted octanol–water partition coefficient (Wildman–Crippen LogP) is 3.09. The maximum atomic E-state index is 12.4. The second kappa shape index (κ2) is 10.4. The number of rotatable bonds is 8. The number of fused-ring (bicyclic) bond motifs is 1. The number of imidazole rings is 1. The molecule has 0 saturated carbocycles. The Labute approximate surface area is 195 Å². The predicted molar refractivity (Wildman–Crippen MR) is 126 cm³/mol. The number of hydrogen-bond acceptors (Lipinski definition) is 7. The van der Waals surface area contributed by atoms with Gasteiger partial charge in [0.1, 0.15) is 16.9 Å². The molecule has 1 atom stereocenters. The van der Waals surface area contributed by atoms with Gasteiger partial charge in [0.05, 0.1) is 12.0 Å². The van der Waals surface area contributed by atoms with E-state index in [2.05, 4.69) is 15.6 Å². The SMILES string of the molecule is Nc1c(NC(=O)CCc2cccc(O)c2)sc2c1CCC(OC(=O)NCCn1ccnc1)C2. The van der Waals surface area contributed by atoms with Crippen molar-refractivity contribution in [1.29, 1.82) is 0 Å². The van der Waals surface area contributed by atoms with Crippen molar-refractivity contribution in [1.82, 2.24) is 14.9 Å². The number of thiophene rings is 1. The van der Waals surface area contributed by atoms with E-state index in [4.69, 9.17) is 10.5 Å². The number of benzene rings is 1. The third-order valence-electron chi connectivity index (χ3n) is 5.54. The van der Waals surface area contributed by atoms with E-state index in [1.54, 1.807) is 30.7 Å². The van der Waals surface area contributed by atoms with Crippen LogP contribution in [0.2, 0.25) is 0 Å². The first-order valence-corrected chi connectivity index (χ1v) is 11.7. The molecule has 0 spiro atoms. The van der Waals surface area contributed by atoms with E-state index in [1.807, 2.05) is 16.8 Å². The van der Waals surface area contributed by atoms with Crippen molar-refractivity contribution in [3.8, 4) is 5.75 Å². The normalized spacial score (nSPS) is 15.0. The van der Waals surface area contributed by atoms with E-state index >= 15 is 0 Å². The molecule has 0 radical (unpaired) electrons. The molecule has 1 aliphatic rings. The Bertz CT molecular complexity index is 1110. The summed E-state index contributed by atoms with van der Waals surface area (Å²) < 4.78 is 7.45. The molecule has 2 heterocycles. The number of carbonyl (C=O) groups excluding carboxylic acids is 2. The number of nitrogens with one attached hydrogen (secondary N) is 2. The molecule has 174 valence electrons. The van der Waals surface area contributed by atoms with Crippen LogP contribution in [-0.2, 0) is 35.3 Å². The summed E-state index contributed by atoms with van der Waals surface area (Å²) >= 11 is 1.44. The molecule has 1 unspecified atom stereocenters. The Morgan fingerprint density at radius 2 is 2.24 bits per heavy atom. The molecule has 0 saturated heterocycles. The minimum Gasteiger partial charge on any atom is -0.508 e. The van der Waals surface area contributed by atoms with Crippen LogP contribution >= 0.6 is 11.3 Å². The zero-order valence-corrected chi connectivity index (χ0v) is 18.9. The molecular formula is C23H27N5O4S. The average Bonchev–Trinajstić information content (AvgIpc) is 3.40. The number of aryl methyl sites for hydroxylation is 1. The Morgan fingerprint density at radius 1 is 1.36 bits per heavy atom. The molecule has 10 heteroatoms. The standard InChI is InChI=1S/C23H27N5O4S/c24-21-18-6-5-17(32-23(31)26-9-11-28-10-8-25-14-28)13-19(18)33-22(21)27-20(30)7-4-15-2-1-3-16(29)12-15/h1-3,8,10,12,14,17,29H,4-7,9,11,13,24H2,(H,26,31)(H,27,30). The molecule has 2 amide bonds. The molecule has 0 fully saturated rings. The number of nitrogens with zero attached hydrogens (tertiary/aromatic N) is 2. The van der Waals surface area contributed by atoms with E-state index in [0.29, 0.717) is 49.5 Å². The smallest absolute Gasteiger partial charge is 0.407 e. The van der Waals surface area contributed by atoms with Crippen LogP contribution in [0, 0.1) is 0 Å². The molecular weight excluding hydrogens is 442 g/mol. The molecule has 9 nitrogen and oxygen atoms in total. The zero-order chi connectivity index (χ0) is 23.2. The van der Waals surface area contributed by atoms with Crippen LogP contribution in [0.4, 0.5) is 15.5 Å². The largest absolute Gasteiger partial charge is 0.508 e. The van der Waals surface area contributed by atoms with Crippen LogP contribution in [-0.4, -0.2) is 39.3 Å². The summed E-state index contributed by atoms with van der Waals surface area (Å²) in [6, 6.07) is 6.88. The molecule has 2 aromatic heterocycles. The molecule has 4 rings (SSSR count). The first-order chi connectivity index (χ1) is 16.0. The van der Waals surface area contributed by atoms with Gasteiger partial charge in [0.25, 0.3) is 0 Å². The number of aromatic nitrogens is 2. The van der Waals surface area contributed by atoms with Gasteiger partial charge in [-0.15, -0.1) is 11.3 Å². The van der Waals surface area contributed by atoms with E-state index in [0.717, 1.165) is 16.0 Å². The van der Waals surface area contributed by atoms with Gasteiger partial charge in [-0.05, 0) is 42.5 Å². The summed E-state index contributed by atoms with van der Waals surface area (Å²) in [7, 11) is 0. The summed E-state index contributed by atoms with van der Waals surface area (Å²) in [5.41, 5.74) is 8.82. The van der Waals surface area contributed by atoms with Crippen molar-refractivity contribution in [2.24, 2.45) is 0 Å². The fraction of sp³-hybridized carbons (Fsp3) is 0.348. The van der Waals surface area contributed by atoms with Crippen LogP contribution in [0.15, 0.2) is 43.0 Å². The monoisotopic (exact) mass is 469 g/mol. The highest BCUT2D eigenvalue weighted by Crippen LogP contribution is 2.40. The van der Waals surface area contributed by atoms with Crippen molar-refractivity contribution in [2.75, 3.05) is 17.6 Å². The second-order valence-corrected chi connectivity index (χ2v) is 9.07. The third-order valence-corrected chi connectivity index (χ3v) is 6.72. The third kappa shape index (κ3) is 6.04. The van der Waals surface area contributed by atoms with Gasteiger partial charge in [-0.1, -0.05) is 12.1 Å². The number of nitrogens with two attached hydrogens (primary N) is 1. The number of carbonyl (C=O) groups is 2. The lowest BCUT2D eigenvalue weighted by Gasteiger charge is -2.22. The average molecular weight is 470 g/mol. The van der Waals surface area contributed by atoms with Gasteiger partial charge in [-0.25, -0.2) is 9.78 Å². The lowest BCUT2D eigenvalue weighted by molar-refractivity contribution is -0.116. The minimum absolute atomic E-state index is 0.131. The first kappa shape index (κ1) is 22.7. The van der Waals surface area contributed by atoms with E-state index < -0.39 is 6.09 Å². The summed E-state index contributed by atoms with van der Waals surface area (Å²) in [4.78, 5) is 29.6. The molecule has 3 aromatic rings. The first-order valence-electron chi connectivity index (χ1n) is 10.9. The number of amides is 2. The molecule has 5 N–H and O–H groups in total. The molecule has 1 aromatic carbocycles. The van der Waals surface area contributed by atoms with E-state index in [-0.39, 0.29) is 24.2 Å². The fourth-order valence-corrected chi connectivity index (χ4v) is 5.08. The van der Waals surface area contributed by atoms with Crippen LogP contribution in [0.1, 0.15) is 28.8 Å². The van der Waals surface area contributed by atoms with Crippen molar-refractivity contribution in [2.45, 2.75) is 44.8 Å². The van der Waals surface area contributed by atoms with Gasteiger partial charge < -0.3 is 30.8 Å². The molecule has 33 heavy (non-hydrogen) atoms. The van der Waals surface area contributed by atoms with Crippen molar-refractivity contribution < 1.29 is 19.4 Å². The Hall–Kier alpha value is -3.53. The molecule has 1 aliphatic carbocycles. The highest BCUT2D eigenvalue weighted by Gasteiger charge is 2.27. The zero-order valence-electron chi connectivity index (χ0n) is 18.1. The summed E-state index contributed by atoms with van der Waals surface area (Å²) in [6.45, 7) is 1.08. The van der Waals surface area contributed by atoms with Crippen molar-refractivity contribution >= 4 is 34.0 Å². The number of phenols is 1. The Balaban J connectivity index is 1.26. The number of aromatic hydroxyl groups is 1. The van der Waals surface area contributed by atoms with Crippen LogP contribution in [0.3, 0.4) is 0 Å². The quantitative estimate of drug-likeness (QED) is 0.401. The van der Waals surface area contributed by atoms with Gasteiger partial charge in [0.2, 0.25) is 5.91 Å². The summed E-state index contributed by atoms with van der Waals surface area (Å²) in [5, 5.41) is 15.9. The van der Waals surface area contributed by atoms with Crippen molar-refractivity contribution in [3.05, 3.63) is 59.0 Å². The number of hydrogen-bond donors (Lipinski definition) is 4.